The fraction of sp³-hybridized carbons (Fsp3) is 0.786. The summed E-state index contributed by atoms with van der Waals surface area (Å²) < 4.78 is 1.92. The van der Waals surface area contributed by atoms with Crippen molar-refractivity contribution in [3.05, 3.63) is 17.5 Å². The molecule has 1 aliphatic heterocycles. The fourth-order valence-electron chi connectivity index (χ4n) is 2.92. The number of hydrogen-bond donors (Lipinski definition) is 1. The molecule has 1 atom stereocenters. The third-order valence-corrected chi connectivity index (χ3v) is 4.11. The number of hydrogen-bond acceptors (Lipinski definition) is 3. The van der Waals surface area contributed by atoms with Gasteiger partial charge in [-0.05, 0) is 38.3 Å². The van der Waals surface area contributed by atoms with E-state index in [-0.39, 0.29) is 0 Å². The number of piperidine rings is 1. The molecule has 0 amide bonds. The zero-order chi connectivity index (χ0) is 13.1. The van der Waals surface area contributed by atoms with Crippen molar-refractivity contribution < 1.29 is 0 Å². The molecule has 1 fully saturated rings. The number of aryl methyl sites for hydroxylation is 2. The van der Waals surface area contributed by atoms with E-state index >= 15 is 0 Å². The van der Waals surface area contributed by atoms with Crippen LogP contribution in [0.2, 0.25) is 0 Å². The smallest absolute Gasteiger partial charge is 0.0670 e. The highest BCUT2D eigenvalue weighted by atomic mass is 15.3. The summed E-state index contributed by atoms with van der Waals surface area (Å²) in [5, 5.41) is 4.54. The minimum absolute atomic E-state index is 0.348. The summed E-state index contributed by atoms with van der Waals surface area (Å²) in [6, 6.07) is 0.348. The third-order valence-electron chi connectivity index (χ3n) is 4.11. The van der Waals surface area contributed by atoms with Crippen molar-refractivity contribution in [1.29, 1.82) is 0 Å². The highest BCUT2D eigenvalue weighted by Gasteiger charge is 2.26. The quantitative estimate of drug-likeness (QED) is 0.885. The molecule has 1 saturated heterocycles. The van der Waals surface area contributed by atoms with Crippen LogP contribution in [-0.2, 0) is 13.5 Å². The average molecular weight is 250 g/mol. The van der Waals surface area contributed by atoms with Gasteiger partial charge >= 0.3 is 0 Å². The molecule has 0 radical (unpaired) electrons. The molecule has 0 spiro atoms. The summed E-state index contributed by atoms with van der Waals surface area (Å²) in [6.45, 7) is 7.53. The summed E-state index contributed by atoms with van der Waals surface area (Å²) in [6.07, 6.45) is 5.71. The maximum absolute atomic E-state index is 6.02. The van der Waals surface area contributed by atoms with Gasteiger partial charge in [-0.25, -0.2) is 0 Å². The maximum Gasteiger partial charge on any atom is 0.0670 e. The van der Waals surface area contributed by atoms with Crippen LogP contribution in [0.25, 0.3) is 0 Å². The van der Waals surface area contributed by atoms with E-state index in [9.17, 15) is 0 Å². The van der Waals surface area contributed by atoms with Gasteiger partial charge in [0.15, 0.2) is 0 Å². The third kappa shape index (κ3) is 2.75. The van der Waals surface area contributed by atoms with E-state index in [0.717, 1.165) is 12.3 Å². The minimum atomic E-state index is 0.348. The molecule has 0 aliphatic carbocycles. The highest BCUT2D eigenvalue weighted by molar-refractivity contribution is 5.22. The van der Waals surface area contributed by atoms with Gasteiger partial charge in [0.05, 0.1) is 11.7 Å². The van der Waals surface area contributed by atoms with Gasteiger partial charge in [-0.1, -0.05) is 13.8 Å². The Morgan fingerprint density at radius 2 is 2.11 bits per heavy atom. The normalized spacial score (nSPS) is 20.2. The van der Waals surface area contributed by atoms with Crippen molar-refractivity contribution in [3.8, 4) is 0 Å². The molecule has 18 heavy (non-hydrogen) atoms. The predicted molar refractivity (Wildman–Crippen MR) is 74.4 cm³/mol. The standard InChI is InChI=1S/C14H26N4/c1-4-13-12(10-17(3)16-13)14(9-15)18-7-5-11(2)6-8-18/h10-11,14H,4-9,15H2,1-3H3. The molecule has 4 heteroatoms. The molecule has 2 rings (SSSR count). The van der Waals surface area contributed by atoms with Crippen LogP contribution in [0.5, 0.6) is 0 Å². The first kappa shape index (κ1) is 13.6. The number of nitrogens with zero attached hydrogens (tertiary/aromatic N) is 3. The summed E-state index contributed by atoms with van der Waals surface area (Å²) >= 11 is 0. The molecule has 1 aromatic rings. The van der Waals surface area contributed by atoms with Crippen LogP contribution in [0.3, 0.4) is 0 Å². The molecule has 2 heterocycles. The van der Waals surface area contributed by atoms with Crippen molar-refractivity contribution in [2.45, 2.75) is 39.2 Å². The predicted octanol–water partition coefficient (Wildman–Crippen LogP) is 1.71. The molecular formula is C14H26N4. The number of nitrogens with two attached hydrogens (primary N) is 1. The van der Waals surface area contributed by atoms with Crippen molar-refractivity contribution in [3.63, 3.8) is 0 Å². The summed E-state index contributed by atoms with van der Waals surface area (Å²) in [5.74, 6) is 0.860. The first-order chi connectivity index (χ1) is 8.65. The average Bonchev–Trinajstić information content (AvgIpc) is 2.74. The second-order valence-corrected chi connectivity index (χ2v) is 5.53. The Kier molecular flexibility index (Phi) is 4.40. The van der Waals surface area contributed by atoms with Crippen LogP contribution >= 0.6 is 0 Å². The first-order valence-electron chi connectivity index (χ1n) is 7.12. The van der Waals surface area contributed by atoms with Crippen molar-refractivity contribution in [2.75, 3.05) is 19.6 Å². The SMILES string of the molecule is CCc1nn(C)cc1C(CN)N1CCC(C)CC1. The molecule has 0 saturated carbocycles. The van der Waals surface area contributed by atoms with Crippen LogP contribution in [-0.4, -0.2) is 34.3 Å². The van der Waals surface area contributed by atoms with E-state index in [2.05, 4.69) is 30.0 Å². The molecule has 0 aromatic carbocycles. The zero-order valence-electron chi connectivity index (χ0n) is 11.9. The Balaban J connectivity index is 2.16. The van der Waals surface area contributed by atoms with E-state index in [4.69, 9.17) is 5.73 Å². The lowest BCUT2D eigenvalue weighted by atomic mass is 9.95. The van der Waals surface area contributed by atoms with Gasteiger partial charge in [-0.2, -0.15) is 5.10 Å². The lowest BCUT2D eigenvalue weighted by molar-refractivity contribution is 0.140. The van der Waals surface area contributed by atoms with Crippen LogP contribution in [0, 0.1) is 5.92 Å². The largest absolute Gasteiger partial charge is 0.329 e. The number of likely N-dealkylation sites (tertiary alicyclic amines) is 1. The van der Waals surface area contributed by atoms with Crippen LogP contribution in [0.1, 0.15) is 44.0 Å². The first-order valence-corrected chi connectivity index (χ1v) is 7.12. The Hall–Kier alpha value is -0.870. The van der Waals surface area contributed by atoms with Gasteiger partial charge in [0.1, 0.15) is 0 Å². The Morgan fingerprint density at radius 1 is 1.44 bits per heavy atom. The number of aromatic nitrogens is 2. The lowest BCUT2D eigenvalue weighted by Gasteiger charge is -2.36. The van der Waals surface area contributed by atoms with Gasteiger partial charge in [0.25, 0.3) is 0 Å². The van der Waals surface area contributed by atoms with Crippen LogP contribution in [0.4, 0.5) is 0 Å². The second-order valence-electron chi connectivity index (χ2n) is 5.53. The highest BCUT2D eigenvalue weighted by Crippen LogP contribution is 2.27. The molecule has 2 N–H and O–H groups in total. The van der Waals surface area contributed by atoms with Crippen LogP contribution in [0.15, 0.2) is 6.20 Å². The molecule has 1 unspecified atom stereocenters. The summed E-state index contributed by atoms with van der Waals surface area (Å²) in [4.78, 5) is 2.54. The molecular weight excluding hydrogens is 224 g/mol. The Labute approximate surface area is 110 Å². The van der Waals surface area contributed by atoms with E-state index in [1.807, 2.05) is 11.7 Å². The van der Waals surface area contributed by atoms with E-state index in [0.29, 0.717) is 12.6 Å². The summed E-state index contributed by atoms with van der Waals surface area (Å²) in [5.41, 5.74) is 8.56. The van der Waals surface area contributed by atoms with Gasteiger partial charge < -0.3 is 5.73 Å². The zero-order valence-corrected chi connectivity index (χ0v) is 11.9. The molecule has 102 valence electrons. The molecule has 1 aliphatic rings. The van der Waals surface area contributed by atoms with E-state index in [1.54, 1.807) is 0 Å². The van der Waals surface area contributed by atoms with Gasteiger partial charge in [0, 0.05) is 25.4 Å². The van der Waals surface area contributed by atoms with Gasteiger partial charge in [0.2, 0.25) is 0 Å². The summed E-state index contributed by atoms with van der Waals surface area (Å²) in [7, 11) is 1.99. The maximum atomic E-state index is 6.02. The monoisotopic (exact) mass is 250 g/mol. The molecule has 4 nitrogen and oxygen atoms in total. The van der Waals surface area contributed by atoms with Crippen molar-refractivity contribution in [2.24, 2.45) is 18.7 Å². The molecule has 1 aromatic heterocycles. The van der Waals surface area contributed by atoms with Gasteiger partial charge in [-0.15, -0.1) is 0 Å². The minimum Gasteiger partial charge on any atom is -0.329 e. The van der Waals surface area contributed by atoms with E-state index in [1.165, 1.54) is 37.2 Å². The van der Waals surface area contributed by atoms with Crippen LogP contribution < -0.4 is 5.73 Å². The lowest BCUT2D eigenvalue weighted by Crippen LogP contribution is -2.39. The second kappa shape index (κ2) is 5.85. The topological polar surface area (TPSA) is 47.1 Å². The molecule has 0 bridgehead atoms. The van der Waals surface area contributed by atoms with Crippen molar-refractivity contribution in [1.82, 2.24) is 14.7 Å². The Bertz CT molecular complexity index is 377. The Morgan fingerprint density at radius 3 is 2.67 bits per heavy atom. The van der Waals surface area contributed by atoms with Gasteiger partial charge in [-0.3, -0.25) is 9.58 Å². The number of rotatable bonds is 4. The van der Waals surface area contributed by atoms with E-state index < -0.39 is 0 Å². The van der Waals surface area contributed by atoms with Crippen molar-refractivity contribution >= 4 is 0 Å². The fourth-order valence-corrected chi connectivity index (χ4v) is 2.92.